The van der Waals surface area contributed by atoms with Gasteiger partial charge in [-0.15, -0.1) is 0 Å². The molecule has 0 aliphatic heterocycles. The lowest BCUT2D eigenvalue weighted by Crippen LogP contribution is -2.27. The number of carbonyl (C=O) groups is 1. The summed E-state index contributed by atoms with van der Waals surface area (Å²) in [4.78, 5) is 24.5. The second kappa shape index (κ2) is 8.95. The van der Waals surface area contributed by atoms with Gasteiger partial charge >= 0.3 is 0 Å². The van der Waals surface area contributed by atoms with Gasteiger partial charge in [0.25, 0.3) is 0 Å². The molecule has 0 saturated carbocycles. The van der Waals surface area contributed by atoms with E-state index in [1.54, 1.807) is 18.3 Å². The van der Waals surface area contributed by atoms with Crippen molar-refractivity contribution < 1.29 is 4.79 Å². The van der Waals surface area contributed by atoms with E-state index >= 15 is 0 Å². The van der Waals surface area contributed by atoms with Gasteiger partial charge in [-0.25, -0.2) is 15.0 Å². The normalized spacial score (nSPS) is 10.9. The highest BCUT2D eigenvalue weighted by Gasteiger charge is 2.04. The monoisotopic (exact) mass is 382 g/mol. The van der Waals surface area contributed by atoms with Crippen molar-refractivity contribution >= 4 is 29.4 Å². The number of halogens is 1. The van der Waals surface area contributed by atoms with E-state index in [0.717, 1.165) is 17.2 Å². The van der Waals surface area contributed by atoms with E-state index in [2.05, 4.69) is 25.6 Å². The molecule has 1 aromatic carbocycles. The summed E-state index contributed by atoms with van der Waals surface area (Å²) in [6.07, 6.45) is 8.20. The van der Waals surface area contributed by atoms with Gasteiger partial charge < -0.3 is 10.6 Å². The molecule has 0 aliphatic carbocycles. The smallest absolute Gasteiger partial charge is 0.244 e. The van der Waals surface area contributed by atoms with Crippen LogP contribution < -0.4 is 10.6 Å². The Morgan fingerprint density at radius 2 is 2.07 bits per heavy atom. The molecule has 0 radical (unpaired) electrons. The average molecular weight is 383 g/mol. The first-order chi connectivity index (χ1) is 13.1. The van der Waals surface area contributed by atoms with Gasteiger partial charge in [-0.3, -0.25) is 9.36 Å². The minimum Gasteiger partial charge on any atom is -0.368 e. The van der Waals surface area contributed by atoms with Crippen LogP contribution in [0.25, 0.3) is 11.9 Å². The number of aryl methyl sites for hydroxylation is 1. The highest BCUT2D eigenvalue weighted by molar-refractivity contribution is 6.32. The van der Waals surface area contributed by atoms with Crippen molar-refractivity contribution in [3.05, 3.63) is 71.5 Å². The Kier molecular flexibility index (Phi) is 6.17. The first kappa shape index (κ1) is 18.6. The zero-order valence-corrected chi connectivity index (χ0v) is 15.5. The molecule has 27 heavy (non-hydrogen) atoms. The number of nitrogens with zero attached hydrogens (tertiary/aromatic N) is 4. The van der Waals surface area contributed by atoms with Gasteiger partial charge in [0, 0.05) is 42.6 Å². The quantitative estimate of drug-likeness (QED) is 0.485. The Morgan fingerprint density at radius 1 is 1.22 bits per heavy atom. The maximum absolute atomic E-state index is 11.9. The molecule has 0 spiro atoms. The highest BCUT2D eigenvalue weighted by atomic mass is 35.5. The molecule has 0 atom stereocenters. The number of benzene rings is 1. The Bertz CT molecular complexity index is 953. The summed E-state index contributed by atoms with van der Waals surface area (Å²) in [5, 5.41) is 6.57. The Hall–Kier alpha value is -3.19. The van der Waals surface area contributed by atoms with Crippen LogP contribution in [-0.2, 0) is 4.79 Å². The summed E-state index contributed by atoms with van der Waals surface area (Å²) in [5.74, 6) is 2.06. The van der Waals surface area contributed by atoms with E-state index < -0.39 is 0 Å². The average Bonchev–Trinajstić information content (AvgIpc) is 3.11. The maximum Gasteiger partial charge on any atom is 0.244 e. The van der Waals surface area contributed by atoms with Gasteiger partial charge in [0.05, 0.1) is 0 Å². The number of aromatic nitrogens is 4. The van der Waals surface area contributed by atoms with Crippen molar-refractivity contribution in [3.8, 4) is 5.82 Å². The lowest BCUT2D eigenvalue weighted by molar-refractivity contribution is -0.116. The van der Waals surface area contributed by atoms with Gasteiger partial charge in [-0.1, -0.05) is 29.8 Å². The molecule has 8 heteroatoms. The summed E-state index contributed by atoms with van der Waals surface area (Å²) in [6, 6.07) is 9.17. The number of anilines is 1. The molecule has 138 valence electrons. The molecule has 0 fully saturated rings. The van der Waals surface area contributed by atoms with Crippen molar-refractivity contribution in [3.63, 3.8) is 0 Å². The largest absolute Gasteiger partial charge is 0.368 e. The molecule has 0 unspecified atom stereocenters. The first-order valence-electron chi connectivity index (χ1n) is 8.40. The number of imidazole rings is 1. The second-order valence-electron chi connectivity index (χ2n) is 5.68. The lowest BCUT2D eigenvalue weighted by Gasteiger charge is -2.08. The van der Waals surface area contributed by atoms with E-state index in [-0.39, 0.29) is 5.91 Å². The van der Waals surface area contributed by atoms with Crippen LogP contribution in [0.3, 0.4) is 0 Å². The third-order valence-electron chi connectivity index (χ3n) is 3.78. The summed E-state index contributed by atoms with van der Waals surface area (Å²) in [5.41, 5.74) is 0.802. The molecule has 2 aromatic heterocycles. The maximum atomic E-state index is 11.9. The zero-order chi connectivity index (χ0) is 19.1. The van der Waals surface area contributed by atoms with Gasteiger partial charge in [0.15, 0.2) is 0 Å². The molecule has 3 aromatic rings. The molecule has 1 amide bonds. The summed E-state index contributed by atoms with van der Waals surface area (Å²) < 4.78 is 1.87. The minimum atomic E-state index is -0.186. The van der Waals surface area contributed by atoms with Crippen LogP contribution in [0.5, 0.6) is 0 Å². The van der Waals surface area contributed by atoms with Gasteiger partial charge in [-0.2, -0.15) is 0 Å². The standard InChI is InChI=1S/C19H19ClN6O/c1-14-21-10-11-26(14)18-12-17(24-13-25-18)22-8-9-23-19(27)7-6-15-4-2-3-5-16(15)20/h2-7,10-13H,8-9H2,1H3,(H,23,27)(H,22,24,25)/b7-6+. The van der Waals surface area contributed by atoms with Gasteiger partial charge in [0.2, 0.25) is 5.91 Å². The first-order valence-corrected chi connectivity index (χ1v) is 8.78. The van der Waals surface area contributed by atoms with Crippen LogP contribution in [-0.4, -0.2) is 38.5 Å². The van der Waals surface area contributed by atoms with Crippen LogP contribution in [0.4, 0.5) is 5.82 Å². The van der Waals surface area contributed by atoms with Gasteiger partial charge in [0.1, 0.15) is 23.8 Å². The van der Waals surface area contributed by atoms with Crippen molar-refractivity contribution in [2.45, 2.75) is 6.92 Å². The highest BCUT2D eigenvalue weighted by Crippen LogP contribution is 2.16. The molecule has 0 aliphatic rings. The number of amides is 1. The van der Waals surface area contributed by atoms with Crippen molar-refractivity contribution in [1.82, 2.24) is 24.8 Å². The lowest BCUT2D eigenvalue weighted by atomic mass is 10.2. The molecule has 7 nitrogen and oxygen atoms in total. The number of nitrogens with one attached hydrogen (secondary N) is 2. The molecular weight excluding hydrogens is 364 g/mol. The van der Waals surface area contributed by atoms with E-state index in [0.29, 0.717) is 23.9 Å². The number of hydrogen-bond acceptors (Lipinski definition) is 5. The second-order valence-corrected chi connectivity index (χ2v) is 6.09. The van der Waals surface area contributed by atoms with Gasteiger partial charge in [-0.05, 0) is 24.6 Å². The van der Waals surface area contributed by atoms with Crippen LogP contribution in [0.15, 0.2) is 55.1 Å². The van der Waals surface area contributed by atoms with E-state index in [1.165, 1.54) is 12.4 Å². The fourth-order valence-electron chi connectivity index (χ4n) is 2.41. The molecule has 0 saturated heterocycles. The summed E-state index contributed by atoms with van der Waals surface area (Å²) >= 11 is 6.05. The third-order valence-corrected chi connectivity index (χ3v) is 4.12. The van der Waals surface area contributed by atoms with E-state index in [9.17, 15) is 4.79 Å². The summed E-state index contributed by atoms with van der Waals surface area (Å²) in [7, 11) is 0. The molecule has 3 rings (SSSR count). The number of carbonyl (C=O) groups excluding carboxylic acids is 1. The number of rotatable bonds is 7. The van der Waals surface area contributed by atoms with E-state index in [4.69, 9.17) is 11.6 Å². The third kappa shape index (κ3) is 5.15. The SMILES string of the molecule is Cc1nccn1-c1cc(NCCNC(=O)/C=C/c2ccccc2Cl)ncn1. The van der Waals surface area contributed by atoms with E-state index in [1.807, 2.05) is 42.0 Å². The van der Waals surface area contributed by atoms with Crippen LogP contribution >= 0.6 is 11.6 Å². The zero-order valence-electron chi connectivity index (χ0n) is 14.8. The van der Waals surface area contributed by atoms with Crippen molar-refractivity contribution in [1.29, 1.82) is 0 Å². The minimum absolute atomic E-state index is 0.186. The molecular formula is C19H19ClN6O. The fourth-order valence-corrected chi connectivity index (χ4v) is 2.61. The Labute approximate surface area is 162 Å². The van der Waals surface area contributed by atoms with Crippen molar-refractivity contribution in [2.75, 3.05) is 18.4 Å². The molecule has 0 bridgehead atoms. The van der Waals surface area contributed by atoms with Crippen molar-refractivity contribution in [2.24, 2.45) is 0 Å². The number of hydrogen-bond donors (Lipinski definition) is 2. The van der Waals surface area contributed by atoms with Crippen LogP contribution in [0.1, 0.15) is 11.4 Å². The fraction of sp³-hybridized carbons (Fsp3) is 0.158. The predicted molar refractivity (Wildman–Crippen MR) is 106 cm³/mol. The molecule has 2 heterocycles. The Morgan fingerprint density at radius 3 is 2.85 bits per heavy atom. The topological polar surface area (TPSA) is 84.7 Å². The van der Waals surface area contributed by atoms with Crippen LogP contribution in [0.2, 0.25) is 5.02 Å². The summed E-state index contributed by atoms with van der Waals surface area (Å²) in [6.45, 7) is 2.89. The molecule has 2 N–H and O–H groups in total. The van der Waals surface area contributed by atoms with Crippen LogP contribution in [0, 0.1) is 6.92 Å². The predicted octanol–water partition coefficient (Wildman–Crippen LogP) is 2.87. The Balaban J connectivity index is 1.47.